The van der Waals surface area contributed by atoms with Crippen LogP contribution >= 0.6 is 0 Å². The molecule has 4 nitrogen and oxygen atoms in total. The molecule has 178 valence electrons. The molecule has 2 saturated carbocycles. The molecule has 4 aliphatic carbocycles. The number of nitrogens with zero attached hydrogens (tertiary/aromatic N) is 1. The van der Waals surface area contributed by atoms with Crippen LogP contribution in [0.5, 0.6) is 0 Å². The molecule has 5 rings (SSSR count). The van der Waals surface area contributed by atoms with Gasteiger partial charge in [-0.05, 0) is 110 Å². The summed E-state index contributed by atoms with van der Waals surface area (Å²) in [5.41, 5.74) is 5.89. The predicted octanol–water partition coefficient (Wildman–Crippen LogP) is 5.16. The number of aliphatic hydroxyl groups excluding tert-OH is 1. The minimum Gasteiger partial charge on any atom is -0.396 e. The van der Waals surface area contributed by atoms with Gasteiger partial charge in [-0.2, -0.15) is 0 Å². The second-order valence-corrected chi connectivity index (χ2v) is 11.4. The summed E-state index contributed by atoms with van der Waals surface area (Å²) in [6.07, 6.45) is 10.2. The van der Waals surface area contributed by atoms with E-state index >= 15 is 0 Å². The number of fused-ring (bicyclic) bond motifs is 4. The van der Waals surface area contributed by atoms with E-state index in [9.17, 15) is 15.0 Å². The Bertz CT molecular complexity index is 991. The van der Waals surface area contributed by atoms with Gasteiger partial charge >= 0.3 is 0 Å². The summed E-state index contributed by atoms with van der Waals surface area (Å²) >= 11 is 0. The second kappa shape index (κ2) is 8.39. The lowest BCUT2D eigenvalue weighted by atomic mass is 9.54. The van der Waals surface area contributed by atoms with Crippen molar-refractivity contribution < 1.29 is 15.0 Å². The lowest BCUT2D eigenvalue weighted by Crippen LogP contribution is -2.49. The third-order valence-corrected chi connectivity index (χ3v) is 9.73. The lowest BCUT2D eigenvalue weighted by Gasteiger charge is -2.52. The Morgan fingerprint density at radius 3 is 2.55 bits per heavy atom. The zero-order valence-electron chi connectivity index (χ0n) is 20.4. The van der Waals surface area contributed by atoms with Crippen molar-refractivity contribution >= 4 is 11.5 Å². The smallest absolute Gasteiger partial charge is 0.163 e. The fourth-order valence-corrected chi connectivity index (χ4v) is 7.72. The number of allylic oxidation sites excluding steroid dienone is 4. The van der Waals surface area contributed by atoms with E-state index < -0.39 is 5.60 Å². The molecule has 1 aromatic carbocycles. The van der Waals surface area contributed by atoms with Gasteiger partial charge in [0, 0.05) is 26.4 Å². The highest BCUT2D eigenvalue weighted by molar-refractivity contribution is 5.98. The molecule has 0 spiro atoms. The Labute approximate surface area is 198 Å². The van der Waals surface area contributed by atoms with E-state index in [2.05, 4.69) is 36.1 Å². The number of rotatable bonds is 5. The van der Waals surface area contributed by atoms with Gasteiger partial charge < -0.3 is 15.1 Å². The third-order valence-electron chi connectivity index (χ3n) is 9.73. The van der Waals surface area contributed by atoms with E-state index in [1.807, 2.05) is 20.2 Å². The molecule has 0 aromatic heterocycles. The van der Waals surface area contributed by atoms with E-state index in [-0.39, 0.29) is 23.7 Å². The molecule has 1 unspecified atom stereocenters. The molecule has 0 heterocycles. The van der Waals surface area contributed by atoms with Gasteiger partial charge in [0.1, 0.15) is 0 Å². The Morgan fingerprint density at radius 1 is 1.09 bits per heavy atom. The first-order chi connectivity index (χ1) is 15.8. The van der Waals surface area contributed by atoms with E-state index in [1.54, 1.807) is 5.57 Å². The Balaban J connectivity index is 1.44. The van der Waals surface area contributed by atoms with Gasteiger partial charge in [-0.15, -0.1) is 0 Å². The van der Waals surface area contributed by atoms with Crippen LogP contribution in [-0.4, -0.2) is 42.3 Å². The number of ketones is 1. The molecule has 0 aliphatic heterocycles. The first kappa shape index (κ1) is 22.9. The molecule has 33 heavy (non-hydrogen) atoms. The summed E-state index contributed by atoms with van der Waals surface area (Å²) in [6.45, 7) is 2.47. The molecular weight excluding hydrogens is 410 g/mol. The van der Waals surface area contributed by atoms with Crippen LogP contribution in [-0.2, 0) is 4.79 Å². The van der Waals surface area contributed by atoms with Crippen molar-refractivity contribution in [1.29, 1.82) is 0 Å². The van der Waals surface area contributed by atoms with Gasteiger partial charge in [0.05, 0.1) is 11.5 Å². The van der Waals surface area contributed by atoms with Gasteiger partial charge in [-0.3, -0.25) is 4.79 Å². The normalized spacial score (nSPS) is 35.6. The van der Waals surface area contributed by atoms with Crippen molar-refractivity contribution in [1.82, 2.24) is 0 Å². The van der Waals surface area contributed by atoms with Gasteiger partial charge in [-0.25, -0.2) is 0 Å². The number of carbonyl (C=O) groups is 1. The second-order valence-electron chi connectivity index (χ2n) is 11.4. The summed E-state index contributed by atoms with van der Waals surface area (Å²) in [6, 6.07) is 8.47. The molecule has 5 atom stereocenters. The Kier molecular flexibility index (Phi) is 5.81. The van der Waals surface area contributed by atoms with Crippen LogP contribution in [0.3, 0.4) is 0 Å². The van der Waals surface area contributed by atoms with Crippen molar-refractivity contribution in [3.05, 3.63) is 52.6 Å². The highest BCUT2D eigenvalue weighted by Gasteiger charge is 2.60. The van der Waals surface area contributed by atoms with Gasteiger partial charge in [0.25, 0.3) is 0 Å². The molecule has 0 amide bonds. The standard InChI is InChI=1S/C29H39NO3/c1-28-14-11-22-23(26(28)12-15-29(28,33)13-4-16-31)10-7-20-17-27(32)25(18-24(20)22)19-5-8-21(9-6-19)30(2)3/h5-6,8-9,17,23,25-26,31,33H,4,7,10-16,18H2,1-3H3/t23-,25?,26+,28-,29+/m1/s1. The Hall–Kier alpha value is -1.91. The summed E-state index contributed by atoms with van der Waals surface area (Å²) in [5, 5.41) is 21.0. The molecule has 2 N–H and O–H groups in total. The first-order valence-corrected chi connectivity index (χ1v) is 12.8. The monoisotopic (exact) mass is 449 g/mol. The topological polar surface area (TPSA) is 60.8 Å². The zero-order valence-corrected chi connectivity index (χ0v) is 20.4. The average Bonchev–Trinajstić information content (AvgIpc) is 3.08. The van der Waals surface area contributed by atoms with Crippen LogP contribution < -0.4 is 4.90 Å². The van der Waals surface area contributed by atoms with E-state index in [1.165, 1.54) is 11.1 Å². The number of aliphatic hydroxyl groups is 2. The van der Waals surface area contributed by atoms with Crippen molar-refractivity contribution in [2.75, 3.05) is 25.6 Å². The maximum Gasteiger partial charge on any atom is 0.163 e. The quantitative estimate of drug-likeness (QED) is 0.652. The number of carbonyl (C=O) groups excluding carboxylic acids is 1. The molecule has 4 heteroatoms. The first-order valence-electron chi connectivity index (χ1n) is 12.8. The van der Waals surface area contributed by atoms with Crippen LogP contribution in [0, 0.1) is 17.3 Å². The van der Waals surface area contributed by atoms with Crippen molar-refractivity contribution in [2.45, 2.75) is 76.2 Å². The third kappa shape index (κ3) is 3.61. The SMILES string of the molecule is CN(C)c1ccc(C2CC3=C4CC[C@]5(C)[C@@H](CC[C@@]5(O)CCCO)[C@@H]4CCC3=CC2=O)cc1. The molecule has 0 bridgehead atoms. The van der Waals surface area contributed by atoms with Crippen LogP contribution in [0.25, 0.3) is 0 Å². The van der Waals surface area contributed by atoms with E-state index in [4.69, 9.17) is 0 Å². The summed E-state index contributed by atoms with van der Waals surface area (Å²) < 4.78 is 0. The fourth-order valence-electron chi connectivity index (χ4n) is 7.72. The molecule has 0 radical (unpaired) electrons. The van der Waals surface area contributed by atoms with E-state index in [0.29, 0.717) is 24.7 Å². The van der Waals surface area contributed by atoms with Crippen molar-refractivity contribution in [2.24, 2.45) is 17.3 Å². The molecule has 4 aliphatic rings. The molecule has 0 saturated heterocycles. The summed E-state index contributed by atoms with van der Waals surface area (Å²) in [4.78, 5) is 15.2. The number of anilines is 1. The number of benzene rings is 1. The average molecular weight is 450 g/mol. The van der Waals surface area contributed by atoms with Crippen LogP contribution in [0.1, 0.15) is 76.2 Å². The summed E-state index contributed by atoms with van der Waals surface area (Å²) in [5.74, 6) is 1.22. The highest BCUT2D eigenvalue weighted by atomic mass is 16.3. The lowest BCUT2D eigenvalue weighted by molar-refractivity contribution is -0.116. The van der Waals surface area contributed by atoms with Gasteiger partial charge in [-0.1, -0.05) is 24.6 Å². The fraction of sp³-hybridized carbons (Fsp3) is 0.621. The minimum atomic E-state index is -0.647. The molecular formula is C29H39NO3. The minimum absolute atomic E-state index is 0.0655. The van der Waals surface area contributed by atoms with Crippen molar-refractivity contribution in [3.63, 3.8) is 0 Å². The largest absolute Gasteiger partial charge is 0.396 e. The maximum atomic E-state index is 13.1. The molecule has 2 fully saturated rings. The van der Waals surface area contributed by atoms with Gasteiger partial charge in [0.2, 0.25) is 0 Å². The predicted molar refractivity (Wildman–Crippen MR) is 132 cm³/mol. The maximum absolute atomic E-state index is 13.1. The van der Waals surface area contributed by atoms with Crippen LogP contribution in [0.15, 0.2) is 47.1 Å². The van der Waals surface area contributed by atoms with Crippen LogP contribution in [0.2, 0.25) is 0 Å². The van der Waals surface area contributed by atoms with Gasteiger partial charge in [0.15, 0.2) is 5.78 Å². The highest BCUT2D eigenvalue weighted by Crippen LogP contribution is 2.64. The molecule has 1 aromatic rings. The van der Waals surface area contributed by atoms with Crippen molar-refractivity contribution in [3.8, 4) is 0 Å². The van der Waals surface area contributed by atoms with Crippen LogP contribution in [0.4, 0.5) is 5.69 Å². The van der Waals surface area contributed by atoms with E-state index in [0.717, 1.165) is 56.2 Å². The Morgan fingerprint density at radius 2 is 1.85 bits per heavy atom. The number of hydrogen-bond acceptors (Lipinski definition) is 4. The number of hydrogen-bond donors (Lipinski definition) is 2. The summed E-state index contributed by atoms with van der Waals surface area (Å²) in [7, 11) is 4.07. The zero-order chi connectivity index (χ0) is 23.4.